The molecule has 9 heteroatoms. The van der Waals surface area contributed by atoms with Crippen LogP contribution in [-0.2, 0) is 9.59 Å². The Morgan fingerprint density at radius 2 is 2.12 bits per heavy atom. The molecule has 0 aromatic carbocycles. The lowest BCUT2D eigenvalue weighted by Gasteiger charge is -2.19. The van der Waals surface area contributed by atoms with E-state index in [0.29, 0.717) is 18.0 Å². The minimum Gasteiger partial charge on any atom is -0.323 e. The first kappa shape index (κ1) is 16.2. The molecule has 0 unspecified atom stereocenters. The molecule has 1 aliphatic heterocycles. The summed E-state index contributed by atoms with van der Waals surface area (Å²) < 4.78 is 0. The molecule has 2 aromatic heterocycles. The number of aromatic nitrogens is 1. The van der Waals surface area contributed by atoms with E-state index in [1.54, 1.807) is 11.3 Å². The number of thiophene rings is 1. The molecule has 7 nitrogen and oxygen atoms in total. The minimum absolute atomic E-state index is 0.288. The predicted octanol–water partition coefficient (Wildman–Crippen LogP) is 2.67. The van der Waals surface area contributed by atoms with E-state index in [1.807, 2.05) is 22.9 Å². The van der Waals surface area contributed by atoms with Gasteiger partial charge in [-0.25, -0.2) is 9.78 Å². The highest BCUT2D eigenvalue weighted by Crippen LogP contribution is 2.35. The van der Waals surface area contributed by atoms with E-state index in [2.05, 4.69) is 15.6 Å². The SMILES string of the molecule is O=C(CN1C(=O)NC2(CCCC2)C1=O)Nc1nc(-c2cccs2)cs1. The van der Waals surface area contributed by atoms with Crippen LogP contribution in [0.15, 0.2) is 22.9 Å². The van der Waals surface area contributed by atoms with Crippen molar-refractivity contribution in [2.24, 2.45) is 0 Å². The summed E-state index contributed by atoms with van der Waals surface area (Å²) in [5.41, 5.74) is 0.0143. The fourth-order valence-electron chi connectivity index (χ4n) is 3.31. The van der Waals surface area contributed by atoms with Crippen molar-refractivity contribution in [3.63, 3.8) is 0 Å². The number of hydrogen-bond acceptors (Lipinski definition) is 6. The lowest BCUT2D eigenvalue weighted by Crippen LogP contribution is -2.44. The van der Waals surface area contributed by atoms with Gasteiger partial charge in [-0.15, -0.1) is 22.7 Å². The molecule has 130 valence electrons. The van der Waals surface area contributed by atoms with E-state index in [1.165, 1.54) is 11.3 Å². The van der Waals surface area contributed by atoms with Gasteiger partial charge in [0.05, 0.1) is 10.6 Å². The Morgan fingerprint density at radius 1 is 1.32 bits per heavy atom. The molecule has 3 heterocycles. The third-order valence-electron chi connectivity index (χ3n) is 4.53. The zero-order valence-corrected chi connectivity index (χ0v) is 14.9. The molecule has 1 saturated heterocycles. The Labute approximate surface area is 152 Å². The summed E-state index contributed by atoms with van der Waals surface area (Å²) in [7, 11) is 0. The lowest BCUT2D eigenvalue weighted by atomic mass is 9.98. The third-order valence-corrected chi connectivity index (χ3v) is 6.18. The molecular weight excluding hydrogens is 360 g/mol. The smallest absolute Gasteiger partial charge is 0.323 e. The maximum absolute atomic E-state index is 12.5. The van der Waals surface area contributed by atoms with Gasteiger partial charge in [-0.2, -0.15) is 0 Å². The first-order chi connectivity index (χ1) is 12.1. The number of nitrogens with one attached hydrogen (secondary N) is 2. The molecule has 4 rings (SSSR count). The molecule has 0 radical (unpaired) electrons. The van der Waals surface area contributed by atoms with Crippen LogP contribution >= 0.6 is 22.7 Å². The number of carbonyl (C=O) groups excluding carboxylic acids is 3. The Balaban J connectivity index is 1.41. The topological polar surface area (TPSA) is 91.4 Å². The minimum atomic E-state index is -0.787. The Kier molecular flexibility index (Phi) is 4.04. The van der Waals surface area contributed by atoms with Crippen LogP contribution in [0.1, 0.15) is 25.7 Å². The van der Waals surface area contributed by atoms with Crippen LogP contribution in [0.3, 0.4) is 0 Å². The summed E-state index contributed by atoms with van der Waals surface area (Å²) in [6, 6.07) is 3.41. The monoisotopic (exact) mass is 376 g/mol. The number of urea groups is 1. The number of anilines is 1. The van der Waals surface area contributed by atoms with Gasteiger partial charge in [-0.05, 0) is 24.3 Å². The van der Waals surface area contributed by atoms with Crippen molar-refractivity contribution in [1.82, 2.24) is 15.2 Å². The second-order valence-corrected chi connectivity index (χ2v) is 7.98. The van der Waals surface area contributed by atoms with Gasteiger partial charge in [-0.1, -0.05) is 18.9 Å². The van der Waals surface area contributed by atoms with E-state index < -0.39 is 17.5 Å². The van der Waals surface area contributed by atoms with Crippen molar-refractivity contribution in [1.29, 1.82) is 0 Å². The van der Waals surface area contributed by atoms with E-state index >= 15 is 0 Å². The zero-order valence-electron chi connectivity index (χ0n) is 13.3. The largest absolute Gasteiger partial charge is 0.325 e. The van der Waals surface area contributed by atoms with Crippen molar-refractivity contribution < 1.29 is 14.4 Å². The van der Waals surface area contributed by atoms with Gasteiger partial charge in [0, 0.05) is 5.38 Å². The number of nitrogens with zero attached hydrogens (tertiary/aromatic N) is 2. The maximum Gasteiger partial charge on any atom is 0.325 e. The van der Waals surface area contributed by atoms with Crippen molar-refractivity contribution >= 4 is 45.7 Å². The molecule has 25 heavy (non-hydrogen) atoms. The van der Waals surface area contributed by atoms with Crippen molar-refractivity contribution in [3.8, 4) is 10.6 Å². The fraction of sp³-hybridized carbons (Fsp3) is 0.375. The van der Waals surface area contributed by atoms with Crippen LogP contribution in [-0.4, -0.2) is 39.8 Å². The quantitative estimate of drug-likeness (QED) is 0.803. The fourth-order valence-corrected chi connectivity index (χ4v) is 4.80. The van der Waals surface area contributed by atoms with E-state index in [0.717, 1.165) is 28.3 Å². The number of carbonyl (C=O) groups is 3. The van der Waals surface area contributed by atoms with Crippen LogP contribution in [0.2, 0.25) is 0 Å². The van der Waals surface area contributed by atoms with E-state index in [4.69, 9.17) is 0 Å². The summed E-state index contributed by atoms with van der Waals surface area (Å²) in [6.07, 6.45) is 3.12. The van der Waals surface area contributed by atoms with E-state index in [-0.39, 0.29) is 12.5 Å². The van der Waals surface area contributed by atoms with Crippen molar-refractivity contribution in [3.05, 3.63) is 22.9 Å². The Hall–Kier alpha value is -2.26. The average Bonchev–Trinajstić information content (AvgIpc) is 3.34. The Morgan fingerprint density at radius 3 is 2.84 bits per heavy atom. The molecular formula is C16H16N4O3S2. The number of amides is 4. The summed E-state index contributed by atoms with van der Waals surface area (Å²) in [5, 5.41) is 9.72. The molecule has 1 spiro atoms. The van der Waals surface area contributed by atoms with E-state index in [9.17, 15) is 14.4 Å². The van der Waals surface area contributed by atoms with Crippen LogP contribution in [0, 0.1) is 0 Å². The maximum atomic E-state index is 12.5. The predicted molar refractivity (Wildman–Crippen MR) is 95.5 cm³/mol. The average molecular weight is 376 g/mol. The molecule has 1 aliphatic carbocycles. The molecule has 0 bridgehead atoms. The highest BCUT2D eigenvalue weighted by Gasteiger charge is 2.52. The summed E-state index contributed by atoms with van der Waals surface area (Å²) in [6.45, 7) is -0.291. The Bertz CT molecular complexity index is 824. The third kappa shape index (κ3) is 2.93. The molecule has 2 aliphatic rings. The summed E-state index contributed by atoms with van der Waals surface area (Å²) in [5.74, 6) is -0.714. The van der Waals surface area contributed by atoms with Gasteiger partial charge in [0.2, 0.25) is 5.91 Å². The normalized spacial score (nSPS) is 18.8. The second kappa shape index (κ2) is 6.23. The van der Waals surface area contributed by atoms with Crippen LogP contribution in [0.25, 0.3) is 10.6 Å². The lowest BCUT2D eigenvalue weighted by molar-refractivity contribution is -0.133. The molecule has 1 saturated carbocycles. The standard InChI is InChI=1S/C16H16N4O3S2/c21-12(18-14-17-10(9-25-14)11-4-3-7-24-11)8-20-13(22)16(19-15(20)23)5-1-2-6-16/h3-4,7,9H,1-2,5-6,8H2,(H,19,23)(H,17,18,21). The molecule has 2 N–H and O–H groups in total. The molecule has 2 fully saturated rings. The van der Waals surface area contributed by atoms with Gasteiger partial charge in [0.1, 0.15) is 12.1 Å². The van der Waals surface area contributed by atoms with Gasteiger partial charge in [0.15, 0.2) is 5.13 Å². The number of hydrogen-bond donors (Lipinski definition) is 2. The highest BCUT2D eigenvalue weighted by molar-refractivity contribution is 7.16. The van der Waals surface area contributed by atoms with Crippen molar-refractivity contribution in [2.45, 2.75) is 31.2 Å². The van der Waals surface area contributed by atoms with Crippen LogP contribution in [0.5, 0.6) is 0 Å². The number of thiazole rings is 1. The van der Waals surface area contributed by atoms with Gasteiger partial charge in [0.25, 0.3) is 5.91 Å². The first-order valence-electron chi connectivity index (χ1n) is 8.01. The van der Waals surface area contributed by atoms with Crippen LogP contribution in [0.4, 0.5) is 9.93 Å². The summed E-state index contributed by atoms with van der Waals surface area (Å²) in [4.78, 5) is 43.3. The molecule has 4 amide bonds. The van der Waals surface area contributed by atoms with Gasteiger partial charge in [-0.3, -0.25) is 14.5 Å². The van der Waals surface area contributed by atoms with Crippen molar-refractivity contribution in [2.75, 3.05) is 11.9 Å². The second-order valence-electron chi connectivity index (χ2n) is 6.17. The first-order valence-corrected chi connectivity index (χ1v) is 9.77. The zero-order chi connectivity index (χ0) is 17.4. The number of rotatable bonds is 4. The van der Waals surface area contributed by atoms with Crippen LogP contribution < -0.4 is 10.6 Å². The number of imide groups is 1. The highest BCUT2D eigenvalue weighted by atomic mass is 32.1. The molecule has 2 aromatic rings. The molecule has 0 atom stereocenters. The van der Waals surface area contributed by atoms with Gasteiger partial charge >= 0.3 is 6.03 Å². The summed E-state index contributed by atoms with van der Waals surface area (Å²) >= 11 is 2.89. The van der Waals surface area contributed by atoms with Gasteiger partial charge < -0.3 is 10.6 Å².